The molecule has 0 unspecified atom stereocenters. The van der Waals surface area contributed by atoms with E-state index in [1.165, 1.54) is 19.2 Å². The molecule has 0 aliphatic heterocycles. The molecule has 4 aromatic rings. The highest BCUT2D eigenvalue weighted by Gasteiger charge is 2.18. The number of methoxy groups -OCH3 is 1. The van der Waals surface area contributed by atoms with Gasteiger partial charge in [-0.25, -0.2) is 4.39 Å². The summed E-state index contributed by atoms with van der Waals surface area (Å²) in [4.78, 5) is 12.3. The van der Waals surface area contributed by atoms with Gasteiger partial charge in [0.15, 0.2) is 11.6 Å². The molecule has 3 heterocycles. The third kappa shape index (κ3) is 2.82. The van der Waals surface area contributed by atoms with E-state index in [0.717, 1.165) is 5.56 Å². The Bertz CT molecular complexity index is 1020. The molecule has 0 aliphatic rings. The summed E-state index contributed by atoms with van der Waals surface area (Å²) in [5.74, 6) is 0.280. The van der Waals surface area contributed by atoms with Crippen molar-refractivity contribution < 1.29 is 18.2 Å². The topological polar surface area (TPSA) is 100.0 Å². The fourth-order valence-electron chi connectivity index (χ4n) is 2.16. The van der Waals surface area contributed by atoms with Gasteiger partial charge in [0.1, 0.15) is 0 Å². The summed E-state index contributed by atoms with van der Waals surface area (Å²) in [6.45, 7) is 0. The first-order valence-corrected chi connectivity index (χ1v) is 7.16. The minimum atomic E-state index is -0.524. The first-order valence-electron chi connectivity index (χ1n) is 7.16. The molecule has 0 saturated carbocycles. The lowest BCUT2D eigenvalue weighted by Gasteiger charge is -2.01. The Hall–Kier alpha value is -3.62. The number of aromatic nitrogens is 5. The summed E-state index contributed by atoms with van der Waals surface area (Å²) in [5.41, 5.74) is 1.17. The maximum absolute atomic E-state index is 13.8. The summed E-state index contributed by atoms with van der Waals surface area (Å²) in [6.07, 6.45) is 3.24. The maximum atomic E-state index is 13.8. The number of benzene rings is 1. The molecular formula is C16H10FN5O3. The van der Waals surface area contributed by atoms with Gasteiger partial charge >= 0.3 is 11.8 Å². The number of pyridine rings is 1. The van der Waals surface area contributed by atoms with Crippen molar-refractivity contribution in [2.24, 2.45) is 0 Å². The van der Waals surface area contributed by atoms with E-state index in [1.807, 2.05) is 0 Å². The van der Waals surface area contributed by atoms with Crippen LogP contribution in [-0.2, 0) is 0 Å². The Labute approximate surface area is 140 Å². The van der Waals surface area contributed by atoms with Gasteiger partial charge in [-0.2, -0.15) is 9.97 Å². The smallest absolute Gasteiger partial charge is 0.316 e. The molecule has 124 valence electrons. The van der Waals surface area contributed by atoms with Gasteiger partial charge in [-0.05, 0) is 30.3 Å². The largest absolute Gasteiger partial charge is 0.494 e. The number of hydrogen-bond acceptors (Lipinski definition) is 8. The number of halogens is 1. The number of nitrogens with zero attached hydrogens (tertiary/aromatic N) is 5. The highest BCUT2D eigenvalue weighted by Crippen LogP contribution is 2.26. The lowest BCUT2D eigenvalue weighted by molar-refractivity contribution is 0.383. The zero-order valence-electron chi connectivity index (χ0n) is 12.9. The van der Waals surface area contributed by atoms with Crippen LogP contribution >= 0.6 is 0 Å². The summed E-state index contributed by atoms with van der Waals surface area (Å²) in [5, 5.41) is 7.67. The molecule has 0 N–H and O–H groups in total. The van der Waals surface area contributed by atoms with Crippen molar-refractivity contribution in [1.82, 2.24) is 25.3 Å². The van der Waals surface area contributed by atoms with Crippen LogP contribution in [0.15, 0.2) is 51.8 Å². The van der Waals surface area contributed by atoms with Gasteiger partial charge in [0.2, 0.25) is 11.6 Å². The van der Waals surface area contributed by atoms with Gasteiger partial charge in [-0.3, -0.25) is 4.98 Å². The van der Waals surface area contributed by atoms with Gasteiger partial charge in [-0.1, -0.05) is 10.3 Å². The van der Waals surface area contributed by atoms with E-state index in [0.29, 0.717) is 11.4 Å². The molecule has 0 saturated heterocycles. The van der Waals surface area contributed by atoms with Crippen LogP contribution in [0.4, 0.5) is 4.39 Å². The average Bonchev–Trinajstić information content (AvgIpc) is 3.32. The van der Waals surface area contributed by atoms with Crippen molar-refractivity contribution in [3.63, 3.8) is 0 Å². The van der Waals surface area contributed by atoms with Crippen LogP contribution in [-0.4, -0.2) is 32.4 Å². The average molecular weight is 339 g/mol. The van der Waals surface area contributed by atoms with Crippen LogP contribution in [0, 0.1) is 5.82 Å². The highest BCUT2D eigenvalue weighted by atomic mass is 19.1. The van der Waals surface area contributed by atoms with E-state index in [2.05, 4.69) is 25.3 Å². The predicted molar refractivity (Wildman–Crippen MR) is 82.8 cm³/mol. The first-order chi connectivity index (χ1) is 12.2. The molecule has 1 aromatic carbocycles. The van der Waals surface area contributed by atoms with Crippen LogP contribution in [0.1, 0.15) is 0 Å². The second-order valence-corrected chi connectivity index (χ2v) is 4.93. The Balaban J connectivity index is 1.64. The van der Waals surface area contributed by atoms with E-state index < -0.39 is 5.82 Å². The fourth-order valence-corrected chi connectivity index (χ4v) is 2.16. The van der Waals surface area contributed by atoms with E-state index in [-0.39, 0.29) is 23.4 Å². The molecule has 0 bridgehead atoms. The number of hydrogen-bond donors (Lipinski definition) is 0. The highest BCUT2D eigenvalue weighted by molar-refractivity contribution is 5.59. The lowest BCUT2D eigenvalue weighted by atomic mass is 10.2. The molecule has 8 nitrogen and oxygen atoms in total. The summed E-state index contributed by atoms with van der Waals surface area (Å²) >= 11 is 0. The van der Waals surface area contributed by atoms with Crippen LogP contribution in [0.25, 0.3) is 34.6 Å². The van der Waals surface area contributed by atoms with E-state index in [1.54, 1.807) is 30.6 Å². The van der Waals surface area contributed by atoms with E-state index in [4.69, 9.17) is 13.8 Å². The third-order valence-corrected chi connectivity index (χ3v) is 3.38. The molecule has 9 heteroatoms. The standard InChI is InChI=1S/C16H10FN5O3/c1-23-12-3-2-10(8-11(12)17)14-20-16(25-22-14)15-19-13(21-24-15)9-4-6-18-7-5-9/h2-8H,1H3. The molecule has 0 amide bonds. The Morgan fingerprint density at radius 2 is 1.52 bits per heavy atom. The summed E-state index contributed by atoms with van der Waals surface area (Å²) in [6, 6.07) is 7.84. The van der Waals surface area contributed by atoms with Gasteiger partial charge in [0.25, 0.3) is 0 Å². The molecule has 4 rings (SSSR count). The molecule has 0 radical (unpaired) electrons. The van der Waals surface area contributed by atoms with Crippen molar-refractivity contribution in [3.8, 4) is 40.3 Å². The van der Waals surface area contributed by atoms with Crippen molar-refractivity contribution >= 4 is 0 Å². The molecule has 0 fully saturated rings. The van der Waals surface area contributed by atoms with E-state index in [9.17, 15) is 4.39 Å². The number of ether oxygens (including phenoxy) is 1. The van der Waals surface area contributed by atoms with Gasteiger partial charge < -0.3 is 13.8 Å². The zero-order chi connectivity index (χ0) is 17.2. The minimum Gasteiger partial charge on any atom is -0.494 e. The molecule has 3 aromatic heterocycles. The van der Waals surface area contributed by atoms with Crippen molar-refractivity contribution in [3.05, 3.63) is 48.5 Å². The van der Waals surface area contributed by atoms with Crippen molar-refractivity contribution in [2.45, 2.75) is 0 Å². The van der Waals surface area contributed by atoms with Gasteiger partial charge in [0.05, 0.1) is 7.11 Å². The first kappa shape index (κ1) is 14.9. The monoisotopic (exact) mass is 339 g/mol. The van der Waals surface area contributed by atoms with Crippen molar-refractivity contribution in [2.75, 3.05) is 7.11 Å². The molecule has 0 aliphatic carbocycles. The third-order valence-electron chi connectivity index (χ3n) is 3.38. The minimum absolute atomic E-state index is 0.0408. The molecule has 25 heavy (non-hydrogen) atoms. The summed E-state index contributed by atoms with van der Waals surface area (Å²) < 4.78 is 28.9. The van der Waals surface area contributed by atoms with E-state index >= 15 is 0 Å². The van der Waals surface area contributed by atoms with Crippen LogP contribution in [0.2, 0.25) is 0 Å². The maximum Gasteiger partial charge on any atom is 0.316 e. The molecule has 0 spiro atoms. The van der Waals surface area contributed by atoms with Gasteiger partial charge in [-0.15, -0.1) is 0 Å². The Morgan fingerprint density at radius 1 is 0.880 bits per heavy atom. The van der Waals surface area contributed by atoms with Crippen LogP contribution in [0.3, 0.4) is 0 Å². The SMILES string of the molecule is COc1ccc(-c2noc(-c3nc(-c4ccncc4)no3)n2)cc1F. The number of rotatable bonds is 4. The Kier molecular flexibility index (Phi) is 3.65. The second-order valence-electron chi connectivity index (χ2n) is 4.93. The predicted octanol–water partition coefficient (Wildman–Crippen LogP) is 3.00. The summed E-state index contributed by atoms with van der Waals surface area (Å²) in [7, 11) is 1.39. The zero-order valence-corrected chi connectivity index (χ0v) is 12.9. The normalized spacial score (nSPS) is 10.8. The lowest BCUT2D eigenvalue weighted by Crippen LogP contribution is -1.89. The van der Waals surface area contributed by atoms with Crippen LogP contribution in [0.5, 0.6) is 5.75 Å². The quantitative estimate of drug-likeness (QED) is 0.559. The fraction of sp³-hybridized carbons (Fsp3) is 0.0625. The molecular weight excluding hydrogens is 329 g/mol. The van der Waals surface area contributed by atoms with Crippen molar-refractivity contribution in [1.29, 1.82) is 0 Å². The van der Waals surface area contributed by atoms with Gasteiger partial charge in [0, 0.05) is 23.5 Å². The van der Waals surface area contributed by atoms with Crippen LogP contribution < -0.4 is 4.74 Å². The Morgan fingerprint density at radius 3 is 2.12 bits per heavy atom. The second kappa shape index (κ2) is 6.11. The molecule has 0 atom stereocenters.